The fourth-order valence-corrected chi connectivity index (χ4v) is 4.12. The molecule has 1 heterocycles. The van der Waals surface area contributed by atoms with Gasteiger partial charge >= 0.3 is 0 Å². The van der Waals surface area contributed by atoms with E-state index in [2.05, 4.69) is 4.98 Å². The van der Waals surface area contributed by atoms with Gasteiger partial charge in [-0.3, -0.25) is 0 Å². The first-order valence-corrected chi connectivity index (χ1v) is 10.7. The summed E-state index contributed by atoms with van der Waals surface area (Å²) in [6, 6.07) is 17.8. The van der Waals surface area contributed by atoms with E-state index in [-0.39, 0.29) is 5.75 Å². The highest BCUT2D eigenvalue weighted by atomic mass is 32.2. The minimum Gasteiger partial charge on any atom is -0.495 e. The van der Waals surface area contributed by atoms with Gasteiger partial charge in [0.2, 0.25) is 5.89 Å². The van der Waals surface area contributed by atoms with Crippen molar-refractivity contribution >= 4 is 26.6 Å². The standard InChI is InChI=1S/C22H20N2O4S/c1-3-29(25,26)16-7-4-6-14(12-16)17-8-5-9-20-21(17)24-22(28-20)15-10-11-19(27-2)18(23)13-15/h4-13H,3,23H2,1-2H3. The van der Waals surface area contributed by atoms with Gasteiger partial charge in [0.05, 0.1) is 23.4 Å². The van der Waals surface area contributed by atoms with Crippen molar-refractivity contribution < 1.29 is 17.6 Å². The minimum absolute atomic E-state index is 0.0493. The van der Waals surface area contributed by atoms with Crippen molar-refractivity contribution in [3.8, 4) is 28.3 Å². The van der Waals surface area contributed by atoms with Crippen LogP contribution in [-0.2, 0) is 9.84 Å². The third kappa shape index (κ3) is 3.45. The van der Waals surface area contributed by atoms with Crippen LogP contribution >= 0.6 is 0 Å². The second-order valence-electron chi connectivity index (χ2n) is 6.56. The van der Waals surface area contributed by atoms with E-state index < -0.39 is 9.84 Å². The fraction of sp³-hybridized carbons (Fsp3) is 0.136. The van der Waals surface area contributed by atoms with Gasteiger partial charge in [-0.15, -0.1) is 0 Å². The van der Waals surface area contributed by atoms with Gasteiger partial charge in [-0.25, -0.2) is 13.4 Å². The highest BCUT2D eigenvalue weighted by molar-refractivity contribution is 7.91. The predicted octanol–water partition coefficient (Wildman–Crippen LogP) is 4.55. The normalized spacial score (nSPS) is 11.7. The van der Waals surface area contributed by atoms with E-state index >= 15 is 0 Å². The van der Waals surface area contributed by atoms with E-state index in [1.165, 1.54) is 0 Å². The van der Waals surface area contributed by atoms with Gasteiger partial charge in [-0.1, -0.05) is 31.2 Å². The Balaban J connectivity index is 1.84. The molecule has 0 atom stereocenters. The van der Waals surface area contributed by atoms with Crippen LogP contribution in [0, 0.1) is 0 Å². The molecule has 7 heteroatoms. The van der Waals surface area contributed by atoms with Gasteiger partial charge in [-0.2, -0.15) is 0 Å². The molecular weight excluding hydrogens is 388 g/mol. The molecular formula is C22H20N2O4S. The van der Waals surface area contributed by atoms with Gasteiger partial charge in [0, 0.05) is 11.1 Å². The molecule has 0 radical (unpaired) electrons. The number of sulfone groups is 1. The van der Waals surface area contributed by atoms with E-state index in [1.807, 2.05) is 30.3 Å². The maximum atomic E-state index is 12.3. The summed E-state index contributed by atoms with van der Waals surface area (Å²) in [4.78, 5) is 4.95. The Kier molecular flexibility index (Phi) is 4.76. The molecule has 0 aliphatic carbocycles. The summed E-state index contributed by atoms with van der Waals surface area (Å²) < 4.78 is 35.7. The number of rotatable bonds is 5. The zero-order valence-electron chi connectivity index (χ0n) is 16.0. The summed E-state index contributed by atoms with van der Waals surface area (Å²) in [5.41, 5.74) is 10.0. The predicted molar refractivity (Wildman–Crippen MR) is 114 cm³/mol. The summed E-state index contributed by atoms with van der Waals surface area (Å²) in [5, 5.41) is 0. The van der Waals surface area contributed by atoms with Crippen LogP contribution < -0.4 is 10.5 Å². The molecule has 0 spiro atoms. The van der Waals surface area contributed by atoms with E-state index in [0.29, 0.717) is 33.3 Å². The average Bonchev–Trinajstić information content (AvgIpc) is 3.18. The van der Waals surface area contributed by atoms with Crippen LogP contribution in [-0.4, -0.2) is 26.3 Å². The Morgan fingerprint density at radius 3 is 2.55 bits per heavy atom. The SMILES string of the molecule is CCS(=O)(=O)c1cccc(-c2cccc3oc(-c4ccc(OC)c(N)c4)nc23)c1. The third-order valence-electron chi connectivity index (χ3n) is 4.78. The largest absolute Gasteiger partial charge is 0.495 e. The highest BCUT2D eigenvalue weighted by Gasteiger charge is 2.16. The Labute approximate surface area is 168 Å². The highest BCUT2D eigenvalue weighted by Crippen LogP contribution is 2.34. The lowest BCUT2D eigenvalue weighted by Gasteiger charge is -2.06. The number of benzene rings is 3. The number of para-hydroxylation sites is 1. The summed E-state index contributed by atoms with van der Waals surface area (Å²) in [6.07, 6.45) is 0. The Bertz CT molecular complexity index is 1310. The van der Waals surface area contributed by atoms with Crippen molar-refractivity contribution in [2.45, 2.75) is 11.8 Å². The Morgan fingerprint density at radius 1 is 1.03 bits per heavy atom. The Hall–Kier alpha value is -3.32. The van der Waals surface area contributed by atoms with Gasteiger partial charge in [-0.05, 0) is 42.0 Å². The summed E-state index contributed by atoms with van der Waals surface area (Å²) in [5.74, 6) is 1.06. The van der Waals surface area contributed by atoms with Crippen LogP contribution in [0.3, 0.4) is 0 Å². The number of nitrogens with zero attached hydrogens (tertiary/aromatic N) is 1. The first-order chi connectivity index (χ1) is 13.9. The third-order valence-corrected chi connectivity index (χ3v) is 6.51. The van der Waals surface area contributed by atoms with Crippen molar-refractivity contribution in [3.05, 3.63) is 60.7 Å². The molecule has 0 unspecified atom stereocenters. The van der Waals surface area contributed by atoms with Gasteiger partial charge in [0.25, 0.3) is 0 Å². The molecule has 4 aromatic rings. The smallest absolute Gasteiger partial charge is 0.227 e. The number of aromatic nitrogens is 1. The summed E-state index contributed by atoms with van der Waals surface area (Å²) >= 11 is 0. The number of methoxy groups -OCH3 is 1. The van der Waals surface area contributed by atoms with Crippen LogP contribution in [0.15, 0.2) is 70.0 Å². The summed E-state index contributed by atoms with van der Waals surface area (Å²) in [6.45, 7) is 1.63. The average molecular weight is 408 g/mol. The first kappa shape index (κ1) is 19.0. The van der Waals surface area contributed by atoms with Crippen molar-refractivity contribution in [3.63, 3.8) is 0 Å². The molecule has 29 heavy (non-hydrogen) atoms. The maximum Gasteiger partial charge on any atom is 0.227 e. The van der Waals surface area contributed by atoms with Crippen LogP contribution in [0.1, 0.15) is 6.92 Å². The first-order valence-electron chi connectivity index (χ1n) is 9.09. The second kappa shape index (κ2) is 7.25. The van der Waals surface area contributed by atoms with Crippen LogP contribution in [0.25, 0.3) is 33.7 Å². The van der Waals surface area contributed by atoms with E-state index in [0.717, 1.165) is 16.7 Å². The molecule has 0 aliphatic rings. The molecule has 2 N–H and O–H groups in total. The Morgan fingerprint density at radius 2 is 1.83 bits per heavy atom. The number of fused-ring (bicyclic) bond motifs is 1. The molecule has 0 saturated carbocycles. The molecule has 1 aromatic heterocycles. The number of ether oxygens (including phenoxy) is 1. The van der Waals surface area contributed by atoms with Crippen molar-refractivity contribution in [2.75, 3.05) is 18.6 Å². The number of nitrogen functional groups attached to an aromatic ring is 1. The molecule has 0 bridgehead atoms. The number of nitrogens with two attached hydrogens (primary N) is 1. The second-order valence-corrected chi connectivity index (χ2v) is 8.84. The fourth-order valence-electron chi connectivity index (χ4n) is 3.20. The number of anilines is 1. The van der Waals surface area contributed by atoms with Crippen molar-refractivity contribution in [2.24, 2.45) is 0 Å². The molecule has 6 nitrogen and oxygen atoms in total. The molecule has 0 saturated heterocycles. The lowest BCUT2D eigenvalue weighted by molar-refractivity contribution is 0.417. The van der Waals surface area contributed by atoms with E-state index in [4.69, 9.17) is 14.9 Å². The molecule has 0 amide bonds. The zero-order chi connectivity index (χ0) is 20.6. The lowest BCUT2D eigenvalue weighted by atomic mass is 10.0. The molecule has 148 valence electrons. The minimum atomic E-state index is -3.30. The van der Waals surface area contributed by atoms with Crippen molar-refractivity contribution in [1.82, 2.24) is 4.98 Å². The molecule has 4 rings (SSSR count). The van der Waals surface area contributed by atoms with Crippen molar-refractivity contribution in [1.29, 1.82) is 0 Å². The van der Waals surface area contributed by atoms with Gasteiger partial charge in [0.15, 0.2) is 15.4 Å². The topological polar surface area (TPSA) is 95.4 Å². The monoisotopic (exact) mass is 408 g/mol. The van der Waals surface area contributed by atoms with Gasteiger partial charge < -0.3 is 14.9 Å². The molecule has 0 fully saturated rings. The van der Waals surface area contributed by atoms with E-state index in [9.17, 15) is 8.42 Å². The zero-order valence-corrected chi connectivity index (χ0v) is 16.9. The maximum absolute atomic E-state index is 12.3. The van der Waals surface area contributed by atoms with Gasteiger partial charge in [0.1, 0.15) is 11.3 Å². The van der Waals surface area contributed by atoms with Crippen LogP contribution in [0.5, 0.6) is 5.75 Å². The van der Waals surface area contributed by atoms with Crippen LogP contribution in [0.2, 0.25) is 0 Å². The molecule has 0 aliphatic heterocycles. The molecule has 3 aromatic carbocycles. The number of hydrogen-bond acceptors (Lipinski definition) is 6. The lowest BCUT2D eigenvalue weighted by Crippen LogP contribution is -2.03. The van der Waals surface area contributed by atoms with E-state index in [1.54, 1.807) is 44.4 Å². The number of oxazole rings is 1. The quantitative estimate of drug-likeness (QED) is 0.487. The number of hydrogen-bond donors (Lipinski definition) is 1. The van der Waals surface area contributed by atoms with Crippen LogP contribution in [0.4, 0.5) is 5.69 Å². The summed E-state index contributed by atoms with van der Waals surface area (Å²) in [7, 11) is -1.74.